The predicted molar refractivity (Wildman–Crippen MR) is 243 cm³/mol. The molecule has 0 rings (SSSR count). The number of nitrogens with zero attached hydrogens (tertiary/aromatic N) is 1. The largest absolute Gasteiger partial charge is 0.498 e. The maximum atomic E-state index is 12.7. The first-order chi connectivity index (χ1) is 28.0. The van der Waals surface area contributed by atoms with Gasteiger partial charge in [-0.2, -0.15) is 0 Å². The number of esters is 1. The topological polar surface area (TPSA) is 112 Å². The molecule has 3 atom stereocenters. The molecule has 0 aliphatic rings. The second kappa shape index (κ2) is 39.9. The van der Waals surface area contributed by atoms with Crippen LogP contribution in [0.4, 0.5) is 0 Å². The van der Waals surface area contributed by atoms with Crippen molar-refractivity contribution in [3.8, 4) is 0 Å². The number of likely N-dealkylation sites (N-methyl/N-ethyl adjacent to an activating group) is 1. The quantitative estimate of drug-likeness (QED) is 0.0119. The second-order valence-corrected chi connectivity index (χ2v) is 17.4. The lowest BCUT2D eigenvalue weighted by atomic mass is 10.0. The number of allylic oxidation sites excluding steroid dienone is 12. The van der Waals surface area contributed by atoms with Gasteiger partial charge in [0.15, 0.2) is 6.10 Å². The molecule has 9 nitrogen and oxygen atoms in total. The van der Waals surface area contributed by atoms with Crippen LogP contribution in [-0.4, -0.2) is 80.2 Å². The van der Waals surface area contributed by atoms with Crippen molar-refractivity contribution in [2.45, 2.75) is 167 Å². The summed E-state index contributed by atoms with van der Waals surface area (Å²) in [5.41, 5.74) is 0. The fraction of sp³-hybridized carbons (Fsp3) is 0.688. The van der Waals surface area contributed by atoms with Crippen molar-refractivity contribution < 1.29 is 42.4 Å². The highest BCUT2D eigenvalue weighted by molar-refractivity contribution is 7.47. The van der Waals surface area contributed by atoms with Crippen molar-refractivity contribution in [1.82, 2.24) is 0 Å². The van der Waals surface area contributed by atoms with Crippen LogP contribution in [0.15, 0.2) is 85.3 Å². The Kier molecular flexibility index (Phi) is 38.2. The third kappa shape index (κ3) is 43.1. The van der Waals surface area contributed by atoms with Gasteiger partial charge in [0.1, 0.15) is 19.8 Å². The van der Waals surface area contributed by atoms with Crippen LogP contribution >= 0.6 is 7.82 Å². The number of unbranched alkanes of at least 4 members (excludes halogenated alkanes) is 14. The number of hydrogen-bond acceptors (Lipinski definition) is 7. The number of rotatable bonds is 40. The van der Waals surface area contributed by atoms with Crippen LogP contribution < -0.4 is 0 Å². The lowest BCUT2D eigenvalue weighted by Gasteiger charge is -2.24. The number of phosphoric ester groups is 1. The van der Waals surface area contributed by atoms with Gasteiger partial charge in [0.05, 0.1) is 40.1 Å². The van der Waals surface area contributed by atoms with Gasteiger partial charge in [-0.25, -0.2) is 4.57 Å². The van der Waals surface area contributed by atoms with Crippen molar-refractivity contribution in [1.29, 1.82) is 0 Å². The summed E-state index contributed by atoms with van der Waals surface area (Å²) in [6.07, 6.45) is 51.1. The Bertz CT molecular complexity index is 1220. The molecule has 0 saturated heterocycles. The number of hydrogen-bond donors (Lipinski definition) is 2. The number of carbonyl (C=O) groups is 1. The molecule has 0 aromatic carbocycles. The summed E-state index contributed by atoms with van der Waals surface area (Å²) in [4.78, 5) is 22.8. The van der Waals surface area contributed by atoms with Gasteiger partial charge in [0.2, 0.25) is 0 Å². The molecule has 0 bridgehead atoms. The maximum absolute atomic E-state index is 12.7. The molecule has 58 heavy (non-hydrogen) atoms. The molecule has 0 aromatic rings. The maximum Gasteiger partial charge on any atom is 0.472 e. The van der Waals surface area contributed by atoms with Gasteiger partial charge in [0.25, 0.3) is 0 Å². The fourth-order valence-corrected chi connectivity index (χ4v) is 6.30. The van der Waals surface area contributed by atoms with Crippen LogP contribution in [0, 0.1) is 0 Å². The number of aliphatic hydroxyl groups is 1. The van der Waals surface area contributed by atoms with E-state index < -0.39 is 19.9 Å². The SMILES string of the molecule is CCCCCCCCCCCCCCCC/C=C\OCC(COP(=O)(O)OCC[N+](C)(C)C)OC(=O)CC/C=C\C/C=C\C/C=C\C/C=C\C/C=C\C=C\C(O)CC. The van der Waals surface area contributed by atoms with E-state index in [-0.39, 0.29) is 32.3 Å². The first kappa shape index (κ1) is 55.5. The third-order valence-corrected chi connectivity index (χ3v) is 10.2. The summed E-state index contributed by atoms with van der Waals surface area (Å²) in [5.74, 6) is -0.429. The molecule has 0 aromatic heterocycles. The van der Waals surface area contributed by atoms with Crippen LogP contribution in [0.1, 0.15) is 155 Å². The monoisotopic (exact) mass is 835 g/mol. The lowest BCUT2D eigenvalue weighted by molar-refractivity contribution is -0.870. The number of carbonyl (C=O) groups excluding carboxylic acids is 1. The molecule has 0 radical (unpaired) electrons. The van der Waals surface area contributed by atoms with Crippen molar-refractivity contribution in [3.63, 3.8) is 0 Å². The van der Waals surface area contributed by atoms with Gasteiger partial charge in [-0.05, 0) is 57.4 Å². The molecule has 0 aliphatic heterocycles. The first-order valence-corrected chi connectivity index (χ1v) is 24.0. The predicted octanol–water partition coefficient (Wildman–Crippen LogP) is 12.6. The van der Waals surface area contributed by atoms with Crippen molar-refractivity contribution in [2.24, 2.45) is 0 Å². The van der Waals surface area contributed by atoms with E-state index >= 15 is 0 Å². The zero-order chi connectivity index (χ0) is 42.8. The zero-order valence-corrected chi connectivity index (χ0v) is 38.3. The van der Waals surface area contributed by atoms with Gasteiger partial charge in [-0.1, -0.05) is 170 Å². The van der Waals surface area contributed by atoms with E-state index in [1.165, 1.54) is 83.5 Å². The van der Waals surface area contributed by atoms with E-state index in [2.05, 4.69) is 49.5 Å². The van der Waals surface area contributed by atoms with E-state index in [0.29, 0.717) is 17.4 Å². The summed E-state index contributed by atoms with van der Waals surface area (Å²) >= 11 is 0. The third-order valence-electron chi connectivity index (χ3n) is 9.21. The van der Waals surface area contributed by atoms with Gasteiger partial charge in [0, 0.05) is 6.42 Å². The molecule has 0 saturated carbocycles. The van der Waals surface area contributed by atoms with E-state index in [0.717, 1.165) is 44.9 Å². The highest BCUT2D eigenvalue weighted by atomic mass is 31.2. The average molecular weight is 835 g/mol. The molecule has 0 aliphatic carbocycles. The number of ether oxygens (including phenoxy) is 2. The van der Waals surface area contributed by atoms with Crippen molar-refractivity contribution >= 4 is 13.8 Å². The Labute approximate surface area is 355 Å². The Morgan fingerprint density at radius 1 is 0.638 bits per heavy atom. The highest BCUT2D eigenvalue weighted by Crippen LogP contribution is 2.43. The summed E-state index contributed by atoms with van der Waals surface area (Å²) in [5, 5.41) is 9.48. The second-order valence-electron chi connectivity index (χ2n) is 16.0. The summed E-state index contributed by atoms with van der Waals surface area (Å²) < 4.78 is 34.6. The lowest BCUT2D eigenvalue weighted by Crippen LogP contribution is -2.37. The first-order valence-electron chi connectivity index (χ1n) is 22.5. The van der Waals surface area contributed by atoms with Crippen molar-refractivity contribution in [3.05, 3.63) is 85.3 Å². The molecule has 2 N–H and O–H groups in total. The zero-order valence-electron chi connectivity index (χ0n) is 37.4. The minimum absolute atomic E-state index is 0.00598. The molecule has 0 fully saturated rings. The standard InChI is InChI=1S/C48H84NO8P/c1-6-8-9-10-11-12-13-14-15-20-23-26-29-32-35-38-42-54-44-47(45-56-58(52,53)55-43-41-49(3,4)5)57-48(51)40-37-34-31-28-25-22-19-17-16-18-21-24-27-30-33-36-39-46(50)7-2/h16-17,21-22,24-25,30-31,33-34,36,38-39,42,46-47,50H,6-15,18-20,23,26-29,32,35,37,40-41,43-45H2,1-5H3/p+1/b17-16-,24-21-,25-22-,33-30-,34-31-,39-36+,42-38-. The fourth-order valence-electron chi connectivity index (χ4n) is 5.55. The highest BCUT2D eigenvalue weighted by Gasteiger charge is 2.26. The molecular weight excluding hydrogens is 750 g/mol. The molecule has 334 valence electrons. The summed E-state index contributed by atoms with van der Waals surface area (Å²) in [6, 6.07) is 0. The molecule has 3 unspecified atom stereocenters. The van der Waals surface area contributed by atoms with Crippen LogP contribution in [0.2, 0.25) is 0 Å². The van der Waals surface area contributed by atoms with Crippen molar-refractivity contribution in [2.75, 3.05) is 47.5 Å². The van der Waals surface area contributed by atoms with Crippen LogP contribution in [-0.2, 0) is 27.9 Å². The molecular formula is C48H85NO8P+. The summed E-state index contributed by atoms with van der Waals surface area (Å²) in [6.45, 7) is 4.49. The van der Waals surface area contributed by atoms with Crippen LogP contribution in [0.25, 0.3) is 0 Å². The number of phosphoric acid groups is 1. The molecule has 0 amide bonds. The van der Waals surface area contributed by atoms with E-state index in [1.807, 2.05) is 58.4 Å². The Balaban J connectivity index is 4.44. The smallest absolute Gasteiger partial charge is 0.472 e. The Morgan fingerprint density at radius 3 is 1.69 bits per heavy atom. The minimum atomic E-state index is -4.32. The van der Waals surface area contributed by atoms with Gasteiger partial charge < -0.3 is 24.0 Å². The Hall–Kier alpha value is -2.52. The van der Waals surface area contributed by atoms with E-state index in [4.69, 9.17) is 18.5 Å². The van der Waals surface area contributed by atoms with E-state index in [1.54, 1.807) is 12.3 Å². The number of quaternary nitrogens is 1. The van der Waals surface area contributed by atoms with Gasteiger partial charge in [-0.3, -0.25) is 13.8 Å². The average Bonchev–Trinajstić information content (AvgIpc) is 3.18. The van der Waals surface area contributed by atoms with Gasteiger partial charge >= 0.3 is 13.8 Å². The molecule has 10 heteroatoms. The molecule has 0 spiro atoms. The normalized spacial score (nSPS) is 15.0. The minimum Gasteiger partial charge on any atom is -0.498 e. The van der Waals surface area contributed by atoms with Crippen LogP contribution in [0.3, 0.4) is 0 Å². The van der Waals surface area contributed by atoms with Crippen LogP contribution in [0.5, 0.6) is 0 Å². The summed E-state index contributed by atoms with van der Waals surface area (Å²) in [7, 11) is 1.56. The van der Waals surface area contributed by atoms with E-state index in [9.17, 15) is 19.4 Å². The number of aliphatic hydroxyl groups excluding tert-OH is 1. The molecule has 0 heterocycles. The Morgan fingerprint density at radius 2 is 1.16 bits per heavy atom. The van der Waals surface area contributed by atoms with Gasteiger partial charge in [-0.15, -0.1) is 0 Å².